The van der Waals surface area contributed by atoms with Gasteiger partial charge in [-0.2, -0.15) is 0 Å². The van der Waals surface area contributed by atoms with Crippen LogP contribution >= 0.6 is 11.3 Å². The van der Waals surface area contributed by atoms with Crippen molar-refractivity contribution in [2.24, 2.45) is 0 Å². The van der Waals surface area contributed by atoms with Gasteiger partial charge in [-0.1, -0.05) is 24.6 Å². The highest BCUT2D eigenvalue weighted by Crippen LogP contribution is 2.34. The predicted molar refractivity (Wildman–Crippen MR) is 131 cm³/mol. The summed E-state index contributed by atoms with van der Waals surface area (Å²) in [5.41, 5.74) is 2.32. The number of benzene rings is 1. The van der Waals surface area contributed by atoms with Gasteiger partial charge in [-0.25, -0.2) is 4.79 Å². The number of aryl methyl sites for hydroxylation is 1. The number of amides is 3. The number of hydrogen-bond donors (Lipinski definition) is 1. The van der Waals surface area contributed by atoms with Crippen LogP contribution in [0.4, 0.5) is 4.79 Å². The van der Waals surface area contributed by atoms with E-state index in [0.29, 0.717) is 39.3 Å². The molecule has 1 N–H and O–H groups in total. The molecule has 1 unspecified atom stereocenters. The van der Waals surface area contributed by atoms with Gasteiger partial charge < -0.3 is 24.6 Å². The number of carbonyl (C=O) groups excluding carboxylic acids is 2. The summed E-state index contributed by atoms with van der Waals surface area (Å²) in [5.74, 6) is 0.726. The van der Waals surface area contributed by atoms with Gasteiger partial charge >= 0.3 is 6.03 Å². The summed E-state index contributed by atoms with van der Waals surface area (Å²) >= 11 is 1.73. The zero-order valence-electron chi connectivity index (χ0n) is 19.8. The second kappa shape index (κ2) is 12.6. The Morgan fingerprint density at radius 1 is 1.24 bits per heavy atom. The average molecular weight is 474 g/mol. The fraction of sp³-hybridized carbons (Fsp3) is 0.520. The van der Waals surface area contributed by atoms with Crippen molar-refractivity contribution in [2.75, 3.05) is 46.5 Å². The van der Waals surface area contributed by atoms with E-state index in [-0.39, 0.29) is 24.5 Å². The van der Waals surface area contributed by atoms with Crippen molar-refractivity contribution in [1.82, 2.24) is 15.1 Å². The fourth-order valence-electron chi connectivity index (χ4n) is 3.93. The second-order valence-corrected chi connectivity index (χ2v) is 9.28. The lowest BCUT2D eigenvalue weighted by molar-refractivity contribution is -0.135. The first-order valence-corrected chi connectivity index (χ1v) is 12.5. The van der Waals surface area contributed by atoms with Gasteiger partial charge in [0.05, 0.1) is 6.04 Å². The molecule has 1 aromatic heterocycles. The summed E-state index contributed by atoms with van der Waals surface area (Å²) in [7, 11) is 1.64. The van der Waals surface area contributed by atoms with Crippen molar-refractivity contribution < 1.29 is 19.1 Å². The minimum Gasteiger partial charge on any atom is -0.491 e. The Morgan fingerprint density at radius 3 is 2.76 bits per heavy atom. The van der Waals surface area contributed by atoms with E-state index >= 15 is 0 Å². The van der Waals surface area contributed by atoms with Gasteiger partial charge in [0.25, 0.3) is 0 Å². The third-order valence-corrected chi connectivity index (χ3v) is 6.76. The fourth-order valence-corrected chi connectivity index (χ4v) is 4.86. The van der Waals surface area contributed by atoms with Gasteiger partial charge in [-0.3, -0.25) is 4.79 Å². The van der Waals surface area contributed by atoms with Crippen molar-refractivity contribution in [2.45, 2.75) is 39.2 Å². The number of nitrogens with one attached hydrogen (secondary N) is 1. The van der Waals surface area contributed by atoms with Crippen LogP contribution in [0.25, 0.3) is 0 Å². The first-order valence-electron chi connectivity index (χ1n) is 11.6. The van der Waals surface area contributed by atoms with Crippen LogP contribution in [0.1, 0.15) is 41.8 Å². The Labute approximate surface area is 200 Å². The van der Waals surface area contributed by atoms with E-state index in [4.69, 9.17) is 9.47 Å². The molecule has 0 saturated carbocycles. The molecule has 1 aliphatic rings. The van der Waals surface area contributed by atoms with Crippen molar-refractivity contribution in [3.05, 3.63) is 51.7 Å². The molecule has 7 nitrogen and oxygen atoms in total. The molecule has 0 fully saturated rings. The third kappa shape index (κ3) is 6.95. The molecule has 0 radical (unpaired) electrons. The molecule has 8 heteroatoms. The van der Waals surface area contributed by atoms with Crippen LogP contribution in [0.5, 0.6) is 5.75 Å². The zero-order valence-corrected chi connectivity index (χ0v) is 20.7. The average Bonchev–Trinajstić information content (AvgIpc) is 3.30. The summed E-state index contributed by atoms with van der Waals surface area (Å²) in [5, 5.41) is 4.97. The van der Waals surface area contributed by atoms with Gasteiger partial charge in [-0.05, 0) is 55.3 Å². The largest absolute Gasteiger partial charge is 0.491 e. The molecule has 0 spiro atoms. The van der Waals surface area contributed by atoms with Crippen molar-refractivity contribution in [3.63, 3.8) is 0 Å². The topological polar surface area (TPSA) is 71.1 Å². The maximum Gasteiger partial charge on any atom is 0.317 e. The maximum atomic E-state index is 13.4. The molecule has 0 bridgehead atoms. The van der Waals surface area contributed by atoms with E-state index in [1.165, 1.54) is 10.4 Å². The summed E-state index contributed by atoms with van der Waals surface area (Å²) in [6.45, 7) is 6.69. The number of nitrogens with zero attached hydrogens (tertiary/aromatic N) is 2. The lowest BCUT2D eigenvalue weighted by atomic mass is 10.0. The molecule has 3 amide bonds. The van der Waals surface area contributed by atoms with Crippen LogP contribution in [0, 0.1) is 6.92 Å². The Morgan fingerprint density at radius 2 is 2.03 bits per heavy atom. The van der Waals surface area contributed by atoms with E-state index in [1.54, 1.807) is 23.3 Å². The number of ether oxygens (including phenoxy) is 2. The van der Waals surface area contributed by atoms with E-state index in [9.17, 15) is 9.59 Å². The molecular weight excluding hydrogens is 438 g/mol. The molecular formula is C25H35N3O4S. The zero-order chi connectivity index (χ0) is 23.6. The minimum atomic E-state index is -0.206. The standard InChI is InChI=1S/C25H35N3O4S/c1-4-12-26-25(30)27(13-5-15-31-3)17-24(29)28-14-10-23-21(11-16-33-23)22(28)18-32-20-8-6-19(2)7-9-20/h6-9,11,16,22H,4-5,10,12-15,17-18H2,1-3H3,(H,26,30). The van der Waals surface area contributed by atoms with Gasteiger partial charge in [-0.15, -0.1) is 11.3 Å². The monoisotopic (exact) mass is 473 g/mol. The number of thiophene rings is 1. The maximum absolute atomic E-state index is 13.4. The first-order chi connectivity index (χ1) is 16.0. The number of methoxy groups -OCH3 is 1. The van der Waals surface area contributed by atoms with Crippen LogP contribution in [-0.4, -0.2) is 68.2 Å². The molecule has 2 aromatic rings. The van der Waals surface area contributed by atoms with Crippen LogP contribution in [0.2, 0.25) is 0 Å². The van der Waals surface area contributed by atoms with Gasteiger partial charge in [0.15, 0.2) is 0 Å². The Bertz CT molecular complexity index is 899. The minimum absolute atomic E-state index is 0.0414. The summed E-state index contributed by atoms with van der Waals surface area (Å²) in [6.07, 6.45) is 2.35. The first kappa shape index (κ1) is 25.1. The quantitative estimate of drug-likeness (QED) is 0.501. The summed E-state index contributed by atoms with van der Waals surface area (Å²) in [4.78, 5) is 30.9. The second-order valence-electron chi connectivity index (χ2n) is 8.28. The normalized spacial score (nSPS) is 15.1. The Balaban J connectivity index is 1.71. The SMILES string of the molecule is CCCNC(=O)N(CCCOC)CC(=O)N1CCc2sccc2C1COc1ccc(C)cc1. The van der Waals surface area contributed by atoms with Crippen LogP contribution in [-0.2, 0) is 16.0 Å². The van der Waals surface area contributed by atoms with Crippen LogP contribution < -0.4 is 10.1 Å². The molecule has 2 heterocycles. The number of carbonyl (C=O) groups is 2. The molecule has 33 heavy (non-hydrogen) atoms. The lowest BCUT2D eigenvalue weighted by Gasteiger charge is -2.37. The smallest absolute Gasteiger partial charge is 0.317 e. The molecule has 1 aromatic carbocycles. The van der Waals surface area contributed by atoms with Gasteiger partial charge in [0.2, 0.25) is 5.91 Å². The lowest BCUT2D eigenvalue weighted by Crippen LogP contribution is -2.50. The van der Waals surface area contributed by atoms with Gasteiger partial charge in [0, 0.05) is 38.2 Å². The van der Waals surface area contributed by atoms with Crippen LogP contribution in [0.15, 0.2) is 35.7 Å². The van der Waals surface area contributed by atoms with Crippen LogP contribution in [0.3, 0.4) is 0 Å². The molecule has 180 valence electrons. The predicted octanol–water partition coefficient (Wildman–Crippen LogP) is 4.02. The number of hydrogen-bond acceptors (Lipinski definition) is 5. The van der Waals surface area contributed by atoms with Crippen molar-refractivity contribution in [3.8, 4) is 5.75 Å². The van der Waals surface area contributed by atoms with E-state index in [1.807, 2.05) is 43.0 Å². The van der Waals surface area contributed by atoms with Crippen molar-refractivity contribution >= 4 is 23.3 Å². The highest BCUT2D eigenvalue weighted by Gasteiger charge is 2.33. The highest BCUT2D eigenvalue weighted by atomic mass is 32.1. The van der Waals surface area contributed by atoms with Gasteiger partial charge in [0.1, 0.15) is 18.9 Å². The molecule has 0 aliphatic carbocycles. The number of urea groups is 1. The number of fused-ring (bicyclic) bond motifs is 1. The van der Waals surface area contributed by atoms with E-state index < -0.39 is 0 Å². The number of rotatable bonds is 11. The summed E-state index contributed by atoms with van der Waals surface area (Å²) in [6, 6.07) is 9.65. The highest BCUT2D eigenvalue weighted by molar-refractivity contribution is 7.10. The molecule has 1 aliphatic heterocycles. The molecule has 0 saturated heterocycles. The summed E-state index contributed by atoms with van der Waals surface area (Å²) < 4.78 is 11.2. The van der Waals surface area contributed by atoms with E-state index in [0.717, 1.165) is 24.2 Å². The third-order valence-electron chi connectivity index (χ3n) is 5.76. The molecule has 1 atom stereocenters. The van der Waals surface area contributed by atoms with E-state index in [2.05, 4.69) is 16.8 Å². The van der Waals surface area contributed by atoms with Crippen molar-refractivity contribution in [1.29, 1.82) is 0 Å². The molecule has 3 rings (SSSR count). The Kier molecular flexibility index (Phi) is 9.57. The Hall–Kier alpha value is -2.58.